The monoisotopic (exact) mass is 511 g/mol. The number of hydrogen-bond acceptors (Lipinski definition) is 7. The van der Waals surface area contributed by atoms with Gasteiger partial charge in [0.1, 0.15) is 0 Å². The second kappa shape index (κ2) is 12.0. The molecular weight excluding hydrogens is 482 g/mol. The third-order valence-corrected chi connectivity index (χ3v) is 5.76. The maximum atomic E-state index is 13.4. The highest BCUT2D eigenvalue weighted by atomic mass is 16.6. The van der Waals surface area contributed by atoms with E-state index in [2.05, 4.69) is 11.7 Å². The van der Waals surface area contributed by atoms with E-state index in [9.17, 15) is 9.59 Å². The fourth-order valence-corrected chi connectivity index (χ4v) is 3.96. The zero-order valence-electron chi connectivity index (χ0n) is 21.6. The first kappa shape index (κ1) is 26.3. The van der Waals surface area contributed by atoms with Gasteiger partial charge < -0.3 is 14.2 Å². The van der Waals surface area contributed by atoms with E-state index < -0.39 is 12.1 Å². The van der Waals surface area contributed by atoms with Crippen molar-refractivity contribution in [1.29, 1.82) is 0 Å². The summed E-state index contributed by atoms with van der Waals surface area (Å²) in [5.41, 5.74) is 2.47. The lowest BCUT2D eigenvalue weighted by molar-refractivity contribution is -0.150. The highest BCUT2D eigenvalue weighted by Crippen LogP contribution is 2.34. The van der Waals surface area contributed by atoms with Crippen molar-refractivity contribution in [3.05, 3.63) is 101 Å². The number of carbonyl (C=O) groups excluding carboxylic acids is 1. The predicted molar refractivity (Wildman–Crippen MR) is 148 cm³/mol. The van der Waals surface area contributed by atoms with Gasteiger partial charge in [-0.2, -0.15) is 9.78 Å². The third-order valence-electron chi connectivity index (χ3n) is 5.76. The molecule has 0 amide bonds. The third kappa shape index (κ3) is 5.64. The fraction of sp³-hybridized carbons (Fsp3) is 0.200. The smallest absolute Gasteiger partial charge is 0.347 e. The average Bonchev–Trinajstić information content (AvgIpc) is 2.94. The number of fused-ring (bicyclic) bond motifs is 1. The summed E-state index contributed by atoms with van der Waals surface area (Å²) < 4.78 is 17.9. The highest BCUT2D eigenvalue weighted by molar-refractivity contribution is 5.83. The number of esters is 1. The van der Waals surface area contributed by atoms with E-state index in [0.29, 0.717) is 40.2 Å². The van der Waals surface area contributed by atoms with Crippen molar-refractivity contribution in [2.45, 2.75) is 26.4 Å². The molecule has 0 aliphatic heterocycles. The van der Waals surface area contributed by atoms with Crippen molar-refractivity contribution >= 4 is 23.1 Å². The predicted octanol–water partition coefficient (Wildman–Crippen LogP) is 5.01. The van der Waals surface area contributed by atoms with Gasteiger partial charge in [-0.3, -0.25) is 4.79 Å². The summed E-state index contributed by atoms with van der Waals surface area (Å²) in [6.07, 6.45) is 2.92. The number of rotatable bonds is 10. The first-order valence-corrected chi connectivity index (χ1v) is 12.2. The van der Waals surface area contributed by atoms with Gasteiger partial charge in [-0.25, -0.2) is 9.78 Å². The van der Waals surface area contributed by atoms with E-state index in [-0.39, 0.29) is 12.2 Å². The molecule has 0 aliphatic carbocycles. The topological polar surface area (TPSA) is 92.0 Å². The molecule has 0 saturated carbocycles. The Morgan fingerprint density at radius 3 is 2.58 bits per heavy atom. The van der Waals surface area contributed by atoms with Gasteiger partial charge in [0, 0.05) is 11.1 Å². The molecule has 0 fully saturated rings. The summed E-state index contributed by atoms with van der Waals surface area (Å²) in [4.78, 5) is 30.3. The van der Waals surface area contributed by atoms with E-state index in [0.717, 1.165) is 11.1 Å². The standard InChI is InChI=1S/C30H29N3O5/c1-5-12-23-17-21(18-26(36-4)27(23)38-20(3)30(35)37-6-2)19-31-33-28(22-13-8-7-9-14-22)32-25-16-11-10-15-24(25)29(33)34/h5,7-11,13-20H,1,6,12H2,2-4H3/t20-/m1/s1. The van der Waals surface area contributed by atoms with Crippen molar-refractivity contribution in [2.75, 3.05) is 13.7 Å². The van der Waals surface area contributed by atoms with Gasteiger partial charge in [0.15, 0.2) is 23.4 Å². The molecule has 0 radical (unpaired) electrons. The zero-order valence-corrected chi connectivity index (χ0v) is 21.6. The van der Waals surface area contributed by atoms with Crippen molar-refractivity contribution in [2.24, 2.45) is 5.10 Å². The van der Waals surface area contributed by atoms with Crippen LogP contribution >= 0.6 is 0 Å². The molecule has 1 atom stereocenters. The van der Waals surface area contributed by atoms with Crippen LogP contribution in [0.5, 0.6) is 11.5 Å². The fourth-order valence-electron chi connectivity index (χ4n) is 3.96. The van der Waals surface area contributed by atoms with Crippen LogP contribution in [0.1, 0.15) is 25.0 Å². The van der Waals surface area contributed by atoms with Crippen LogP contribution in [0.2, 0.25) is 0 Å². The highest BCUT2D eigenvalue weighted by Gasteiger charge is 2.21. The summed E-state index contributed by atoms with van der Waals surface area (Å²) in [5, 5.41) is 5.01. The Labute approximate surface area is 220 Å². The van der Waals surface area contributed by atoms with Crippen LogP contribution < -0.4 is 15.0 Å². The number of allylic oxidation sites excluding steroid dienone is 1. The molecule has 0 unspecified atom stereocenters. The first-order valence-electron chi connectivity index (χ1n) is 12.2. The second-order valence-corrected chi connectivity index (χ2v) is 8.40. The van der Waals surface area contributed by atoms with Crippen LogP contribution in [0.15, 0.2) is 89.3 Å². The van der Waals surface area contributed by atoms with E-state index in [1.807, 2.05) is 42.5 Å². The van der Waals surface area contributed by atoms with Gasteiger partial charge >= 0.3 is 5.97 Å². The number of nitrogens with zero attached hydrogens (tertiary/aromatic N) is 3. The SMILES string of the molecule is C=CCc1cc(C=Nn2c(-c3ccccc3)nc3ccccc3c2=O)cc(OC)c1O[C@H](C)C(=O)OCC. The lowest BCUT2D eigenvalue weighted by Gasteiger charge is -2.19. The molecule has 194 valence electrons. The molecule has 0 bridgehead atoms. The molecule has 3 aromatic carbocycles. The van der Waals surface area contributed by atoms with Crippen LogP contribution in [0, 0.1) is 0 Å². The Bertz CT molecular complexity index is 1540. The van der Waals surface area contributed by atoms with Crippen molar-refractivity contribution in [3.63, 3.8) is 0 Å². The molecule has 0 spiro atoms. The zero-order chi connectivity index (χ0) is 27.1. The molecular formula is C30H29N3O5. The average molecular weight is 512 g/mol. The quantitative estimate of drug-likeness (QED) is 0.169. The van der Waals surface area contributed by atoms with Crippen LogP contribution in [0.25, 0.3) is 22.3 Å². The van der Waals surface area contributed by atoms with E-state index in [1.165, 1.54) is 11.8 Å². The molecule has 0 N–H and O–H groups in total. The number of aromatic nitrogens is 2. The Kier molecular flexibility index (Phi) is 8.33. The van der Waals surface area contributed by atoms with Crippen molar-refractivity contribution < 1.29 is 19.0 Å². The van der Waals surface area contributed by atoms with Crippen LogP contribution in [-0.2, 0) is 16.0 Å². The van der Waals surface area contributed by atoms with Crippen molar-refractivity contribution in [3.8, 4) is 22.9 Å². The number of carbonyl (C=O) groups is 1. The molecule has 0 saturated heterocycles. The van der Waals surface area contributed by atoms with Crippen LogP contribution in [0.3, 0.4) is 0 Å². The van der Waals surface area contributed by atoms with E-state index in [1.54, 1.807) is 50.4 Å². The maximum Gasteiger partial charge on any atom is 0.347 e. The van der Waals surface area contributed by atoms with Gasteiger partial charge in [0.05, 0.1) is 30.8 Å². The summed E-state index contributed by atoms with van der Waals surface area (Å²) in [7, 11) is 1.51. The number of benzene rings is 3. The number of hydrogen-bond donors (Lipinski definition) is 0. The Hall–Kier alpha value is -4.72. The number of ether oxygens (including phenoxy) is 3. The normalized spacial score (nSPS) is 11.9. The molecule has 8 nitrogen and oxygen atoms in total. The van der Waals surface area contributed by atoms with E-state index in [4.69, 9.17) is 19.2 Å². The number of methoxy groups -OCH3 is 1. The summed E-state index contributed by atoms with van der Waals surface area (Å²) in [5.74, 6) is 0.780. The van der Waals surface area contributed by atoms with Crippen LogP contribution in [-0.4, -0.2) is 41.7 Å². The molecule has 0 aliphatic rings. The summed E-state index contributed by atoms with van der Waals surface area (Å²) >= 11 is 0. The minimum absolute atomic E-state index is 0.257. The molecule has 4 aromatic rings. The van der Waals surface area contributed by atoms with Gasteiger partial charge in [-0.1, -0.05) is 48.5 Å². The molecule has 38 heavy (non-hydrogen) atoms. The molecule has 1 aromatic heterocycles. The Balaban J connectivity index is 1.80. The van der Waals surface area contributed by atoms with Gasteiger partial charge in [-0.15, -0.1) is 6.58 Å². The Morgan fingerprint density at radius 2 is 1.87 bits per heavy atom. The largest absolute Gasteiger partial charge is 0.493 e. The van der Waals surface area contributed by atoms with E-state index >= 15 is 0 Å². The van der Waals surface area contributed by atoms with Gasteiger partial charge in [0.2, 0.25) is 0 Å². The van der Waals surface area contributed by atoms with Crippen LogP contribution in [0.4, 0.5) is 0 Å². The first-order chi connectivity index (χ1) is 18.5. The maximum absolute atomic E-state index is 13.4. The molecule has 1 heterocycles. The van der Waals surface area contributed by atoms with Gasteiger partial charge in [0.25, 0.3) is 5.56 Å². The molecule has 8 heteroatoms. The number of para-hydroxylation sites is 1. The summed E-state index contributed by atoms with van der Waals surface area (Å²) in [6, 6.07) is 20.2. The lowest BCUT2D eigenvalue weighted by atomic mass is 10.1. The van der Waals surface area contributed by atoms with Crippen molar-refractivity contribution in [1.82, 2.24) is 9.66 Å². The lowest BCUT2D eigenvalue weighted by Crippen LogP contribution is -2.26. The second-order valence-electron chi connectivity index (χ2n) is 8.40. The minimum Gasteiger partial charge on any atom is -0.493 e. The minimum atomic E-state index is -0.831. The Morgan fingerprint density at radius 1 is 1.13 bits per heavy atom. The van der Waals surface area contributed by atoms with Gasteiger partial charge in [-0.05, 0) is 50.1 Å². The molecule has 4 rings (SSSR count). The summed E-state index contributed by atoms with van der Waals surface area (Å²) in [6.45, 7) is 7.44.